The van der Waals surface area contributed by atoms with Gasteiger partial charge < -0.3 is 95.6 Å². The van der Waals surface area contributed by atoms with E-state index in [0.29, 0.717) is 22.0 Å². The molecule has 0 spiro atoms. The van der Waals surface area contributed by atoms with Crippen molar-refractivity contribution in [2.45, 2.75) is 125 Å². The molecular formula is C49H67N13O17. The number of aromatic amines is 1. The summed E-state index contributed by atoms with van der Waals surface area (Å²) in [6, 6.07) is -2.54. The van der Waals surface area contributed by atoms with Crippen LogP contribution in [0.25, 0.3) is 10.9 Å². The number of aromatic nitrogens is 1. The zero-order valence-electron chi connectivity index (χ0n) is 42.8. The summed E-state index contributed by atoms with van der Waals surface area (Å²) in [4.78, 5) is 161. The number of carboxylic acid groups (broad SMARTS) is 1. The quantitative estimate of drug-likeness (QED) is 0.0285. The number of aliphatic carboxylic acids is 1. The van der Waals surface area contributed by atoms with Gasteiger partial charge >= 0.3 is 5.97 Å². The van der Waals surface area contributed by atoms with Crippen LogP contribution in [0, 0.1) is 0 Å². The van der Waals surface area contributed by atoms with Gasteiger partial charge in [0.25, 0.3) is 0 Å². The predicted molar refractivity (Wildman–Crippen MR) is 274 cm³/mol. The number of benzene rings is 2. The molecule has 30 heteroatoms. The molecule has 1 aliphatic rings. The van der Waals surface area contributed by atoms with Crippen molar-refractivity contribution in [1.29, 1.82) is 0 Å². The van der Waals surface area contributed by atoms with E-state index in [9.17, 15) is 83.1 Å². The van der Waals surface area contributed by atoms with E-state index in [-0.39, 0.29) is 57.2 Å². The van der Waals surface area contributed by atoms with Gasteiger partial charge in [0.15, 0.2) is 6.04 Å². The molecule has 1 fully saturated rings. The first kappa shape index (κ1) is 62.8. The van der Waals surface area contributed by atoms with Crippen LogP contribution in [-0.4, -0.2) is 187 Å². The van der Waals surface area contributed by atoms with E-state index in [4.69, 9.17) is 22.9 Å². The molecule has 11 amide bonds. The van der Waals surface area contributed by atoms with E-state index in [2.05, 4.69) is 42.2 Å². The van der Waals surface area contributed by atoms with Crippen LogP contribution >= 0.6 is 0 Å². The maximum Gasteiger partial charge on any atom is 0.328 e. The smallest absolute Gasteiger partial charge is 0.328 e. The number of amides is 11. The number of hydrogen-bond acceptors (Lipinski definition) is 17. The average molecular weight is 1110 g/mol. The van der Waals surface area contributed by atoms with Crippen molar-refractivity contribution < 1.29 is 83.1 Å². The molecule has 1 saturated heterocycles. The summed E-state index contributed by atoms with van der Waals surface area (Å²) >= 11 is 0. The molecule has 430 valence electrons. The Morgan fingerprint density at radius 1 is 0.646 bits per heavy atom. The molecule has 30 nitrogen and oxygen atoms in total. The van der Waals surface area contributed by atoms with Gasteiger partial charge in [-0.25, -0.2) is 4.79 Å². The number of aromatic hydroxyl groups is 1. The summed E-state index contributed by atoms with van der Waals surface area (Å²) in [5.41, 5.74) is 23.3. The van der Waals surface area contributed by atoms with Crippen molar-refractivity contribution in [2.24, 2.45) is 22.9 Å². The van der Waals surface area contributed by atoms with Gasteiger partial charge in [-0.1, -0.05) is 30.3 Å². The molecule has 1 aromatic heterocycles. The number of nitrogens with one attached hydrogen (secondary N) is 8. The summed E-state index contributed by atoms with van der Waals surface area (Å²) in [6.07, 6.45) is -2.55. The lowest BCUT2D eigenvalue weighted by Crippen LogP contribution is -2.62. The zero-order chi connectivity index (χ0) is 58.7. The van der Waals surface area contributed by atoms with E-state index in [1.165, 1.54) is 30.5 Å². The highest BCUT2D eigenvalue weighted by atomic mass is 16.4. The molecule has 0 bridgehead atoms. The number of phenolic OH excluding ortho intramolecular Hbond substituents is 1. The Labute approximate surface area is 450 Å². The molecule has 0 radical (unpaired) electrons. The first-order valence-corrected chi connectivity index (χ1v) is 24.8. The highest BCUT2D eigenvalue weighted by Crippen LogP contribution is 2.22. The Bertz CT molecular complexity index is 2720. The zero-order valence-corrected chi connectivity index (χ0v) is 42.8. The molecule has 10 atom stereocenters. The fraction of sp³-hybridized carbons (Fsp3) is 0.469. The van der Waals surface area contributed by atoms with Crippen molar-refractivity contribution in [2.75, 3.05) is 19.8 Å². The maximum atomic E-state index is 14.1. The summed E-state index contributed by atoms with van der Waals surface area (Å²) in [5, 5.41) is 66.8. The number of carbonyl (C=O) groups is 12. The molecule has 0 saturated carbocycles. The number of carboxylic acids is 1. The van der Waals surface area contributed by atoms with Gasteiger partial charge in [-0.05, 0) is 61.9 Å². The minimum Gasteiger partial charge on any atom is -0.508 e. The van der Waals surface area contributed by atoms with E-state index >= 15 is 0 Å². The minimum absolute atomic E-state index is 0.00940. The lowest BCUT2D eigenvalue weighted by Gasteiger charge is -2.30. The van der Waals surface area contributed by atoms with Crippen molar-refractivity contribution in [3.8, 4) is 5.75 Å². The first-order chi connectivity index (χ1) is 37.3. The third kappa shape index (κ3) is 18.8. The first-order valence-electron chi connectivity index (χ1n) is 24.8. The minimum atomic E-state index is -1.96. The van der Waals surface area contributed by atoms with Crippen LogP contribution in [0.1, 0.15) is 63.0 Å². The van der Waals surface area contributed by atoms with E-state index < -0.39 is 157 Å². The number of primary amides is 3. The normalized spacial score (nSPS) is 16.5. The van der Waals surface area contributed by atoms with Gasteiger partial charge in [-0.3, -0.25) is 52.7 Å². The molecule has 0 aliphatic carbocycles. The molecule has 2 aromatic carbocycles. The average Bonchev–Trinajstić information content (AvgIpc) is 4.09. The topological polar surface area (TPSA) is 513 Å². The number of carbonyl (C=O) groups excluding carboxylic acids is 11. The second-order valence-electron chi connectivity index (χ2n) is 18.7. The number of para-hydroxylation sites is 1. The van der Waals surface area contributed by atoms with E-state index in [0.717, 1.165) is 11.8 Å². The van der Waals surface area contributed by atoms with Crippen molar-refractivity contribution in [1.82, 2.24) is 47.1 Å². The summed E-state index contributed by atoms with van der Waals surface area (Å²) in [7, 11) is 0. The van der Waals surface area contributed by atoms with Gasteiger partial charge in [-0.15, -0.1) is 0 Å². The largest absolute Gasteiger partial charge is 0.508 e. The van der Waals surface area contributed by atoms with Gasteiger partial charge in [-0.2, -0.15) is 0 Å². The third-order valence-corrected chi connectivity index (χ3v) is 12.6. The molecule has 1 aliphatic heterocycles. The summed E-state index contributed by atoms with van der Waals surface area (Å²) < 4.78 is 0. The van der Waals surface area contributed by atoms with Crippen molar-refractivity contribution >= 4 is 81.9 Å². The Morgan fingerprint density at radius 3 is 1.73 bits per heavy atom. The highest BCUT2D eigenvalue weighted by Gasteiger charge is 2.41. The standard InChI is InChI=1S/C49H67N13O17/c1-23(65)40(49(78)79)61-44(73)31(17-24-8-10-26(66)11-9-24)57-47(76)36-7-4-16-62(36)48(77)33(19-39(53)69)58-45(74)34(21-63)60-46(75)35(22-64)59-43(72)32(18-25-20-54-29-6-3-2-5-27(25)29)56-42(71)30(13-15-38(52)68)55-41(70)28(50)12-14-37(51)67/h2-3,5-6,8-11,20,23,28,30-36,40,54,63-66H,4,7,12-19,21-22,50H2,1H3,(H2,51,67)(H2,52,68)(H2,53,69)(H,55,70)(H,56,71)(H,57,76)(H,58,74)(H,59,72)(H,60,75)(H,61,73)(H,78,79)/t23-,28+,30+,31+,32+,33+,34+,35+,36+,40+/m1/s1. The van der Waals surface area contributed by atoms with Crippen molar-refractivity contribution in [3.63, 3.8) is 0 Å². The number of fused-ring (bicyclic) bond motifs is 1. The van der Waals surface area contributed by atoms with Crippen LogP contribution in [0.15, 0.2) is 54.7 Å². The number of H-pyrrole nitrogens is 1. The maximum absolute atomic E-state index is 14.1. The Hall–Kier alpha value is -8.74. The summed E-state index contributed by atoms with van der Waals surface area (Å²) in [6.45, 7) is -1.34. The van der Waals surface area contributed by atoms with Crippen molar-refractivity contribution in [3.05, 3.63) is 65.9 Å². The lowest BCUT2D eigenvalue weighted by atomic mass is 10.0. The number of aliphatic hydroxyl groups excluding tert-OH is 3. The number of hydrogen-bond donors (Lipinski definition) is 17. The van der Waals surface area contributed by atoms with Gasteiger partial charge in [0.2, 0.25) is 65.0 Å². The van der Waals surface area contributed by atoms with E-state index in [1.807, 2.05) is 0 Å². The van der Waals surface area contributed by atoms with Gasteiger partial charge in [0.05, 0.1) is 31.8 Å². The number of rotatable bonds is 31. The van der Waals surface area contributed by atoms with Gasteiger partial charge in [0, 0.05) is 49.3 Å². The second kappa shape index (κ2) is 29.7. The number of phenols is 1. The highest BCUT2D eigenvalue weighted by molar-refractivity contribution is 6.00. The molecule has 21 N–H and O–H groups in total. The van der Waals surface area contributed by atoms with Crippen LogP contribution in [0.3, 0.4) is 0 Å². The van der Waals surface area contributed by atoms with Crippen LogP contribution in [0.4, 0.5) is 0 Å². The molecule has 2 heterocycles. The second-order valence-corrected chi connectivity index (χ2v) is 18.7. The third-order valence-electron chi connectivity index (χ3n) is 12.6. The number of nitrogens with zero attached hydrogens (tertiary/aromatic N) is 1. The van der Waals surface area contributed by atoms with Crippen LogP contribution in [-0.2, 0) is 70.4 Å². The Morgan fingerprint density at radius 2 is 1.16 bits per heavy atom. The monoisotopic (exact) mass is 1110 g/mol. The fourth-order valence-electron chi connectivity index (χ4n) is 8.36. The molecule has 0 unspecified atom stereocenters. The summed E-state index contributed by atoms with van der Waals surface area (Å²) in [5.74, 6) is -13.1. The number of nitrogens with two attached hydrogens (primary N) is 4. The fourth-order valence-corrected chi connectivity index (χ4v) is 8.36. The molecule has 79 heavy (non-hydrogen) atoms. The Balaban J connectivity index is 1.52. The van der Waals surface area contributed by atoms with Crippen LogP contribution in [0.2, 0.25) is 0 Å². The van der Waals surface area contributed by atoms with Crippen LogP contribution in [0.5, 0.6) is 5.75 Å². The van der Waals surface area contributed by atoms with E-state index in [1.54, 1.807) is 24.3 Å². The van der Waals surface area contributed by atoms with Crippen LogP contribution < -0.4 is 60.2 Å². The number of aliphatic hydroxyl groups is 3. The molecule has 3 aromatic rings. The molecular weight excluding hydrogens is 1040 g/mol. The lowest BCUT2D eigenvalue weighted by molar-refractivity contribution is -0.145. The molecule has 4 rings (SSSR count). The predicted octanol–water partition coefficient (Wildman–Crippen LogP) is -6.77. The Kier molecular flexibility index (Phi) is 23.6. The van der Waals surface area contributed by atoms with Gasteiger partial charge in [0.1, 0.15) is 48.0 Å². The SMILES string of the molecule is C[C@@H](O)[C@H](NC(=O)[C@H](Cc1ccc(O)cc1)NC(=O)[C@@H]1CCCN1C(=O)[C@H](CC(N)=O)NC(=O)[C@H](CO)NC(=O)[C@H](CO)NC(=O)[C@H](Cc1c[nH]c2ccccc12)NC(=O)[C@H](CCC(N)=O)NC(=O)[C@@H](N)CCC(N)=O)C(=O)O. The number of likely N-dealkylation sites (tertiary alicyclic amines) is 1.